The smallest absolute Gasteiger partial charge is 0.235 e. The van der Waals surface area contributed by atoms with Crippen molar-refractivity contribution in [2.75, 3.05) is 14.2 Å². The van der Waals surface area contributed by atoms with Crippen molar-refractivity contribution in [3.8, 4) is 22.8 Å². The third-order valence-corrected chi connectivity index (χ3v) is 15.0. The minimum atomic E-state index is -0.212. The first-order valence-electron chi connectivity index (χ1n) is 19.9. The van der Waals surface area contributed by atoms with E-state index in [0.717, 1.165) is 23.8 Å². The summed E-state index contributed by atoms with van der Waals surface area (Å²) in [5.41, 5.74) is 7.40. The van der Waals surface area contributed by atoms with Gasteiger partial charge in [-0.15, -0.1) is 0 Å². The zero-order valence-corrected chi connectivity index (χ0v) is 33.7. The van der Waals surface area contributed by atoms with E-state index in [1.165, 1.54) is 70.5 Å². The van der Waals surface area contributed by atoms with Crippen molar-refractivity contribution >= 4 is 11.0 Å². The van der Waals surface area contributed by atoms with Gasteiger partial charge in [0.25, 0.3) is 0 Å². The van der Waals surface area contributed by atoms with Crippen LogP contribution in [0.5, 0.6) is 11.5 Å². The summed E-state index contributed by atoms with van der Waals surface area (Å²) in [5.74, 6) is 3.44. The van der Waals surface area contributed by atoms with Crippen LogP contribution in [0.2, 0.25) is 0 Å². The van der Waals surface area contributed by atoms with Crippen LogP contribution in [0.15, 0.2) is 80.5 Å². The van der Waals surface area contributed by atoms with Gasteiger partial charge < -0.3 is 19.0 Å². The lowest BCUT2D eigenvalue weighted by molar-refractivity contribution is -0.0962. The molecule has 3 aromatic rings. The molecule has 1 aromatic heterocycles. The number of aliphatic hydroxyl groups excluding tert-OH is 1. The van der Waals surface area contributed by atoms with Crippen molar-refractivity contribution in [1.82, 2.24) is 0 Å². The van der Waals surface area contributed by atoms with Crippen LogP contribution in [0.25, 0.3) is 22.3 Å². The maximum absolute atomic E-state index is 12.6. The first-order valence-corrected chi connectivity index (χ1v) is 19.9. The van der Waals surface area contributed by atoms with Crippen LogP contribution in [0.3, 0.4) is 0 Å². The molecule has 0 aliphatic heterocycles. The van der Waals surface area contributed by atoms with Gasteiger partial charge in [0.15, 0.2) is 17.1 Å². The molecule has 2 fully saturated rings. The molecule has 0 saturated heterocycles. The third kappa shape index (κ3) is 6.27. The number of fused-ring (bicyclic) bond motifs is 5. The first kappa shape index (κ1) is 38.4. The Labute approximate surface area is 312 Å². The second-order valence-corrected chi connectivity index (χ2v) is 18.1. The Hall–Kier alpha value is -3.31. The molecule has 0 spiro atoms. The largest absolute Gasteiger partial charge is 0.493 e. The third-order valence-electron chi connectivity index (χ3n) is 15.0. The molecule has 7 unspecified atom stereocenters. The lowest BCUT2D eigenvalue weighted by Gasteiger charge is -2.62. The highest BCUT2D eigenvalue weighted by Gasteiger charge is 2.63. The van der Waals surface area contributed by atoms with Crippen LogP contribution in [0.1, 0.15) is 120 Å². The van der Waals surface area contributed by atoms with Gasteiger partial charge >= 0.3 is 0 Å². The van der Waals surface area contributed by atoms with Gasteiger partial charge in [-0.05, 0) is 130 Å². The fourth-order valence-electron chi connectivity index (χ4n) is 11.8. The molecule has 1 N–H and O–H groups in total. The Morgan fingerprint density at radius 1 is 0.904 bits per heavy atom. The number of para-hydroxylation sites is 1. The number of hydrogen-bond donors (Lipinski definition) is 1. The van der Waals surface area contributed by atoms with E-state index in [4.69, 9.17) is 13.9 Å². The average Bonchev–Trinajstić information content (AvgIpc) is 3.41. The lowest BCUT2D eigenvalue weighted by atomic mass is 9.43. The molecule has 0 bridgehead atoms. The number of ether oxygens (including phenoxy) is 2. The quantitative estimate of drug-likeness (QED) is 0.247. The molecule has 282 valence electrons. The van der Waals surface area contributed by atoms with Crippen LogP contribution in [-0.4, -0.2) is 25.4 Å². The average molecular weight is 709 g/mol. The summed E-state index contributed by atoms with van der Waals surface area (Å²) in [7, 11) is 3.01. The van der Waals surface area contributed by atoms with E-state index < -0.39 is 0 Å². The minimum Gasteiger partial charge on any atom is -0.493 e. The number of rotatable bonds is 7. The molecule has 1 heterocycles. The van der Waals surface area contributed by atoms with Gasteiger partial charge in [0, 0.05) is 5.56 Å². The van der Waals surface area contributed by atoms with Crippen LogP contribution >= 0.6 is 0 Å². The van der Waals surface area contributed by atoms with E-state index in [1.807, 2.05) is 41.5 Å². The molecule has 0 amide bonds. The number of methoxy groups -OCH3 is 2. The summed E-state index contributed by atoms with van der Waals surface area (Å²) >= 11 is 0. The van der Waals surface area contributed by atoms with Crippen molar-refractivity contribution in [3.63, 3.8) is 0 Å². The molecule has 2 aromatic carbocycles. The monoisotopic (exact) mass is 708 g/mol. The maximum Gasteiger partial charge on any atom is 0.235 e. The van der Waals surface area contributed by atoms with Gasteiger partial charge in [-0.25, -0.2) is 0 Å². The van der Waals surface area contributed by atoms with Gasteiger partial charge in [0.1, 0.15) is 0 Å². The molecule has 0 radical (unpaired) electrons. The topological polar surface area (TPSA) is 68.9 Å². The van der Waals surface area contributed by atoms with E-state index >= 15 is 0 Å². The van der Waals surface area contributed by atoms with E-state index in [2.05, 4.69) is 61.5 Å². The molecule has 7 rings (SSSR count). The van der Waals surface area contributed by atoms with E-state index in [1.54, 1.807) is 25.3 Å². The zero-order valence-electron chi connectivity index (χ0n) is 33.7. The molecule has 4 aliphatic rings. The molecular weight excluding hydrogens is 645 g/mol. The van der Waals surface area contributed by atoms with Gasteiger partial charge in [-0.3, -0.25) is 4.79 Å². The predicted octanol–water partition coefficient (Wildman–Crippen LogP) is 12.0. The molecule has 52 heavy (non-hydrogen) atoms. The van der Waals surface area contributed by atoms with Gasteiger partial charge in [0.2, 0.25) is 11.2 Å². The van der Waals surface area contributed by atoms with E-state index in [9.17, 15) is 9.90 Å². The zero-order chi connectivity index (χ0) is 37.6. The summed E-state index contributed by atoms with van der Waals surface area (Å²) in [4.78, 5) is 12.6. The van der Waals surface area contributed by atoms with Crippen LogP contribution in [-0.2, 0) is 0 Å². The summed E-state index contributed by atoms with van der Waals surface area (Å²) in [6.07, 6.45) is 15.2. The number of hydrogen-bond acceptors (Lipinski definition) is 5. The molecule has 5 heteroatoms. The second kappa shape index (κ2) is 14.5. The Morgan fingerprint density at radius 3 is 2.31 bits per heavy atom. The Balaban J connectivity index is 0.000000192. The summed E-state index contributed by atoms with van der Waals surface area (Å²) < 4.78 is 16.5. The SMILES string of the molecule is CC(C)=CCCC(C)C1CCC2(C)C3=C(CCC12C)C1(C)CCC(O)C(C)(C)C1CC3.COc1c(-c2ccccc2)oc2c(OC)cccc2c1=O. The summed E-state index contributed by atoms with van der Waals surface area (Å²) in [6, 6.07) is 14.6. The summed E-state index contributed by atoms with van der Waals surface area (Å²) in [6.45, 7) is 19.6. The normalized spacial score (nSPS) is 31.0. The van der Waals surface area contributed by atoms with Crippen molar-refractivity contribution in [2.45, 2.75) is 126 Å². The van der Waals surface area contributed by atoms with E-state index in [-0.39, 0.29) is 22.7 Å². The summed E-state index contributed by atoms with van der Waals surface area (Å²) in [5, 5.41) is 11.2. The lowest BCUT2D eigenvalue weighted by Crippen LogP contribution is -2.55. The van der Waals surface area contributed by atoms with Crippen LogP contribution in [0.4, 0.5) is 0 Å². The van der Waals surface area contributed by atoms with Crippen LogP contribution < -0.4 is 14.9 Å². The highest BCUT2D eigenvalue weighted by atomic mass is 16.5. The Morgan fingerprint density at radius 2 is 1.63 bits per heavy atom. The first-order chi connectivity index (χ1) is 24.6. The second-order valence-electron chi connectivity index (χ2n) is 18.1. The molecule has 2 saturated carbocycles. The molecule has 5 nitrogen and oxygen atoms in total. The van der Waals surface area contributed by atoms with Gasteiger partial charge in [-0.2, -0.15) is 0 Å². The fraction of sp³-hybridized carbons (Fsp3) is 0.596. The highest BCUT2D eigenvalue weighted by molar-refractivity contribution is 5.86. The molecule has 4 aliphatic carbocycles. The standard InChI is InChI=1S/C30H50O.C17H14O4/c1-20(2)10-9-11-21(3)22-14-18-30(8)24-12-13-25-27(4,5)26(31)16-17-28(25,6)23(24)15-19-29(22,30)7;1-19-13-10-6-9-12-14(18)17(20-2)15(21-16(12)13)11-7-4-3-5-8-11/h10,21-22,25-26,31H,9,11-19H2,1-8H3;3-10H,1-2H3. The minimum absolute atomic E-state index is 0.0465. The molecular formula is C47H64O5. The Kier molecular flexibility index (Phi) is 10.7. The van der Waals surface area contributed by atoms with Crippen molar-refractivity contribution in [1.29, 1.82) is 0 Å². The Bertz CT molecular complexity index is 1880. The van der Waals surface area contributed by atoms with Crippen LogP contribution in [0, 0.1) is 39.4 Å². The van der Waals surface area contributed by atoms with E-state index in [0.29, 0.717) is 44.6 Å². The fourth-order valence-corrected chi connectivity index (χ4v) is 11.8. The maximum atomic E-state index is 12.6. The number of aliphatic hydroxyl groups is 1. The number of allylic oxidation sites excluding steroid dienone is 4. The highest BCUT2D eigenvalue weighted by Crippen LogP contribution is 2.72. The van der Waals surface area contributed by atoms with Crippen molar-refractivity contribution in [2.24, 2.45) is 39.4 Å². The molecule has 7 atom stereocenters. The van der Waals surface area contributed by atoms with Gasteiger partial charge in [-0.1, -0.05) is 101 Å². The number of benzene rings is 2. The van der Waals surface area contributed by atoms with Gasteiger partial charge in [0.05, 0.1) is 25.7 Å². The van der Waals surface area contributed by atoms with Crippen molar-refractivity contribution < 1.29 is 19.0 Å². The van der Waals surface area contributed by atoms with Crippen molar-refractivity contribution in [3.05, 3.63) is 81.5 Å². The predicted molar refractivity (Wildman–Crippen MR) is 214 cm³/mol.